The number of hydrogen-bond donors (Lipinski definition) is 2. The van der Waals surface area contributed by atoms with E-state index in [2.05, 4.69) is 10.6 Å². The molecule has 1 amide bonds. The van der Waals surface area contributed by atoms with Crippen molar-refractivity contribution in [3.63, 3.8) is 0 Å². The van der Waals surface area contributed by atoms with Gasteiger partial charge >= 0.3 is 6.18 Å². The van der Waals surface area contributed by atoms with Crippen LogP contribution in [0.25, 0.3) is 0 Å². The topological polar surface area (TPSA) is 41.1 Å². The fraction of sp³-hybridized carbons (Fsp3) is 0.278. The van der Waals surface area contributed by atoms with E-state index in [1.807, 2.05) is 0 Å². The molecule has 0 saturated heterocycles. The van der Waals surface area contributed by atoms with Crippen LogP contribution in [0.5, 0.6) is 0 Å². The first-order valence-corrected chi connectivity index (χ1v) is 7.77. The first-order valence-electron chi connectivity index (χ1n) is 7.77. The molecule has 3 nitrogen and oxygen atoms in total. The Morgan fingerprint density at radius 2 is 1.62 bits per heavy atom. The van der Waals surface area contributed by atoms with Crippen LogP contribution in [0.2, 0.25) is 0 Å². The fourth-order valence-electron chi connectivity index (χ4n) is 2.39. The van der Waals surface area contributed by atoms with E-state index in [9.17, 15) is 26.7 Å². The van der Waals surface area contributed by atoms with Crippen LogP contribution in [0.4, 0.5) is 27.6 Å². The summed E-state index contributed by atoms with van der Waals surface area (Å²) in [7, 11) is 0. The zero-order valence-electron chi connectivity index (χ0n) is 14.0. The number of alkyl halides is 3. The summed E-state index contributed by atoms with van der Waals surface area (Å²) >= 11 is 0. The van der Waals surface area contributed by atoms with Gasteiger partial charge < -0.3 is 5.32 Å². The zero-order chi connectivity index (χ0) is 19.5. The normalized spacial score (nSPS) is 14.0. The molecule has 0 radical (unpaired) electrons. The summed E-state index contributed by atoms with van der Waals surface area (Å²) < 4.78 is 64.3. The minimum absolute atomic E-state index is 0.195. The Morgan fingerprint density at radius 3 is 2.15 bits per heavy atom. The van der Waals surface area contributed by atoms with Gasteiger partial charge in [-0.15, -0.1) is 0 Å². The molecule has 0 aliphatic rings. The minimum atomic E-state index is -4.45. The first-order chi connectivity index (χ1) is 12.1. The zero-order valence-corrected chi connectivity index (χ0v) is 14.0. The molecular weight excluding hydrogens is 355 g/mol. The summed E-state index contributed by atoms with van der Waals surface area (Å²) in [5.41, 5.74) is -0.417. The van der Waals surface area contributed by atoms with Crippen molar-refractivity contribution in [2.24, 2.45) is 0 Å². The van der Waals surface area contributed by atoms with E-state index in [-0.39, 0.29) is 11.3 Å². The third kappa shape index (κ3) is 5.01. The van der Waals surface area contributed by atoms with Gasteiger partial charge in [0, 0.05) is 23.4 Å². The molecule has 0 spiro atoms. The van der Waals surface area contributed by atoms with Crippen LogP contribution >= 0.6 is 0 Å². The van der Waals surface area contributed by atoms with E-state index in [0.717, 1.165) is 36.4 Å². The van der Waals surface area contributed by atoms with Crippen molar-refractivity contribution in [3.05, 3.63) is 65.2 Å². The number of nitrogens with one attached hydrogen (secondary N) is 2. The first kappa shape index (κ1) is 19.8. The average molecular weight is 372 g/mol. The van der Waals surface area contributed by atoms with E-state index >= 15 is 0 Å². The minimum Gasteiger partial charge on any atom is -0.325 e. The van der Waals surface area contributed by atoms with Gasteiger partial charge in [0.25, 0.3) is 0 Å². The molecule has 0 unspecified atom stereocenters. The summed E-state index contributed by atoms with van der Waals surface area (Å²) in [4.78, 5) is 12.2. The lowest BCUT2D eigenvalue weighted by Gasteiger charge is -2.20. The Labute approximate surface area is 147 Å². The standard InChI is InChI=1S/C18H17F5N2O/c1-10(15-8-5-13(19)9-16(15)20)24-11(2)17(26)25-14-6-3-12(4-7-14)18(21,22)23/h3-11,24H,1-2H3,(H,25,26)/t10-,11-/m1/s1. The summed E-state index contributed by atoms with van der Waals surface area (Å²) in [6, 6.07) is 5.83. The molecule has 2 rings (SSSR count). The molecule has 2 aromatic carbocycles. The van der Waals surface area contributed by atoms with Gasteiger partial charge in [-0.2, -0.15) is 13.2 Å². The molecule has 2 aromatic rings. The van der Waals surface area contributed by atoms with Crippen LogP contribution in [0.1, 0.15) is 31.0 Å². The molecule has 0 aromatic heterocycles. The quantitative estimate of drug-likeness (QED) is 0.750. The molecule has 140 valence electrons. The lowest BCUT2D eigenvalue weighted by molar-refractivity contribution is -0.137. The number of rotatable bonds is 5. The van der Waals surface area contributed by atoms with Gasteiger partial charge in [-0.3, -0.25) is 10.1 Å². The second-order valence-corrected chi connectivity index (χ2v) is 5.84. The maximum Gasteiger partial charge on any atom is 0.416 e. The summed E-state index contributed by atoms with van der Waals surface area (Å²) in [5.74, 6) is -1.94. The van der Waals surface area contributed by atoms with Crippen molar-refractivity contribution in [1.29, 1.82) is 0 Å². The average Bonchev–Trinajstić information content (AvgIpc) is 2.54. The lowest BCUT2D eigenvalue weighted by Crippen LogP contribution is -2.39. The van der Waals surface area contributed by atoms with E-state index in [1.54, 1.807) is 6.92 Å². The van der Waals surface area contributed by atoms with Crippen LogP contribution in [0.15, 0.2) is 42.5 Å². The van der Waals surface area contributed by atoms with Gasteiger partial charge in [-0.25, -0.2) is 8.78 Å². The third-order valence-corrected chi connectivity index (χ3v) is 3.80. The number of benzene rings is 2. The highest BCUT2D eigenvalue weighted by Gasteiger charge is 2.30. The Kier molecular flexibility index (Phi) is 5.97. The predicted molar refractivity (Wildman–Crippen MR) is 87.4 cm³/mol. The highest BCUT2D eigenvalue weighted by Crippen LogP contribution is 2.29. The number of carbonyl (C=O) groups excluding carboxylic acids is 1. The van der Waals surface area contributed by atoms with Crippen molar-refractivity contribution in [2.45, 2.75) is 32.1 Å². The Balaban J connectivity index is 1.98. The van der Waals surface area contributed by atoms with Crippen LogP contribution in [-0.2, 0) is 11.0 Å². The number of halogens is 5. The maximum atomic E-state index is 13.8. The Hall–Kier alpha value is -2.48. The molecule has 8 heteroatoms. The Bertz CT molecular complexity index is 774. The third-order valence-electron chi connectivity index (χ3n) is 3.80. The van der Waals surface area contributed by atoms with Crippen molar-refractivity contribution in [1.82, 2.24) is 5.32 Å². The lowest BCUT2D eigenvalue weighted by atomic mass is 10.1. The molecule has 2 atom stereocenters. The molecule has 0 saturated carbocycles. The van der Waals surface area contributed by atoms with Crippen LogP contribution in [0, 0.1) is 11.6 Å². The van der Waals surface area contributed by atoms with E-state index in [4.69, 9.17) is 0 Å². The number of carbonyl (C=O) groups is 1. The second kappa shape index (κ2) is 7.82. The predicted octanol–water partition coefficient (Wildman–Crippen LogP) is 4.66. The summed E-state index contributed by atoms with van der Waals surface area (Å²) in [6.07, 6.45) is -4.45. The SMILES string of the molecule is C[C@@H](N[C@H](C)c1ccc(F)cc1F)C(=O)Nc1ccc(C(F)(F)F)cc1. The smallest absolute Gasteiger partial charge is 0.325 e. The van der Waals surface area contributed by atoms with Crippen molar-refractivity contribution < 1.29 is 26.7 Å². The van der Waals surface area contributed by atoms with Crippen LogP contribution in [0.3, 0.4) is 0 Å². The van der Waals surface area contributed by atoms with Crippen molar-refractivity contribution in [2.75, 3.05) is 5.32 Å². The summed E-state index contributed by atoms with van der Waals surface area (Å²) in [6.45, 7) is 3.13. The molecule has 2 N–H and O–H groups in total. The largest absolute Gasteiger partial charge is 0.416 e. The fourth-order valence-corrected chi connectivity index (χ4v) is 2.39. The molecule has 0 heterocycles. The molecule has 0 aliphatic carbocycles. The molecule has 0 fully saturated rings. The Morgan fingerprint density at radius 1 is 1.00 bits per heavy atom. The second-order valence-electron chi connectivity index (χ2n) is 5.84. The van der Waals surface area contributed by atoms with Crippen molar-refractivity contribution in [3.8, 4) is 0 Å². The highest BCUT2D eigenvalue weighted by atomic mass is 19.4. The van der Waals surface area contributed by atoms with Crippen molar-refractivity contribution >= 4 is 11.6 Å². The number of amides is 1. The van der Waals surface area contributed by atoms with Crippen LogP contribution in [-0.4, -0.2) is 11.9 Å². The molecule has 26 heavy (non-hydrogen) atoms. The monoisotopic (exact) mass is 372 g/mol. The van der Waals surface area contributed by atoms with E-state index in [1.165, 1.54) is 13.0 Å². The highest BCUT2D eigenvalue weighted by molar-refractivity contribution is 5.94. The van der Waals surface area contributed by atoms with E-state index < -0.39 is 41.4 Å². The van der Waals surface area contributed by atoms with Gasteiger partial charge in [-0.05, 0) is 44.2 Å². The number of anilines is 1. The molecule has 0 bridgehead atoms. The number of hydrogen-bond acceptors (Lipinski definition) is 2. The van der Waals surface area contributed by atoms with Gasteiger partial charge in [0.05, 0.1) is 11.6 Å². The van der Waals surface area contributed by atoms with Gasteiger partial charge in [0.15, 0.2) is 0 Å². The summed E-state index contributed by atoms with van der Waals surface area (Å²) in [5, 5.41) is 5.34. The van der Waals surface area contributed by atoms with Gasteiger partial charge in [0.2, 0.25) is 5.91 Å². The van der Waals surface area contributed by atoms with Gasteiger partial charge in [-0.1, -0.05) is 6.07 Å². The molecule has 0 aliphatic heterocycles. The van der Waals surface area contributed by atoms with E-state index in [0.29, 0.717) is 0 Å². The molecular formula is C18H17F5N2O. The van der Waals surface area contributed by atoms with Gasteiger partial charge in [0.1, 0.15) is 11.6 Å². The van der Waals surface area contributed by atoms with Crippen LogP contribution < -0.4 is 10.6 Å². The maximum absolute atomic E-state index is 13.8.